The van der Waals surface area contributed by atoms with Crippen LogP contribution in [-0.2, 0) is 9.53 Å². The van der Waals surface area contributed by atoms with E-state index in [2.05, 4.69) is 4.98 Å². The number of nitrogens with zero attached hydrogens (tertiary/aromatic N) is 1. The van der Waals surface area contributed by atoms with Crippen molar-refractivity contribution in [3.8, 4) is 0 Å². The molecule has 0 saturated carbocycles. The van der Waals surface area contributed by atoms with Crippen LogP contribution in [0.3, 0.4) is 0 Å². The molecule has 0 unspecified atom stereocenters. The highest BCUT2D eigenvalue weighted by molar-refractivity contribution is 6.64. The van der Waals surface area contributed by atoms with Crippen LogP contribution in [0.1, 0.15) is 30.6 Å². The van der Waals surface area contributed by atoms with Crippen molar-refractivity contribution in [1.29, 1.82) is 0 Å². The fraction of sp³-hybridized carbons (Fsp3) is 0.417. The number of carbonyl (C=O) groups excluding carboxylic acids is 2. The van der Waals surface area contributed by atoms with Crippen molar-refractivity contribution in [1.82, 2.24) is 4.98 Å². The molecule has 1 rings (SSSR count). The van der Waals surface area contributed by atoms with Crippen LogP contribution in [0, 0.1) is 5.92 Å². The third-order valence-corrected chi connectivity index (χ3v) is 2.35. The third-order valence-electron chi connectivity index (χ3n) is 2.10. The molecule has 1 aromatic rings. The van der Waals surface area contributed by atoms with Crippen molar-refractivity contribution >= 4 is 22.8 Å². The molecule has 0 amide bonds. The van der Waals surface area contributed by atoms with E-state index < -0.39 is 17.3 Å². The van der Waals surface area contributed by atoms with Gasteiger partial charge in [-0.25, -0.2) is 4.79 Å². The highest BCUT2D eigenvalue weighted by atomic mass is 35.5. The van der Waals surface area contributed by atoms with Gasteiger partial charge in [-0.15, -0.1) is 0 Å². The average Bonchev–Trinajstić information content (AvgIpc) is 2.28. The monoisotopic (exact) mass is 255 g/mol. The van der Waals surface area contributed by atoms with E-state index in [-0.39, 0.29) is 5.92 Å². The van der Waals surface area contributed by atoms with Gasteiger partial charge >= 0.3 is 5.97 Å². The van der Waals surface area contributed by atoms with Gasteiger partial charge in [0.25, 0.3) is 5.24 Å². The van der Waals surface area contributed by atoms with E-state index in [4.69, 9.17) is 16.3 Å². The minimum Gasteiger partial charge on any atom is -0.449 e. The van der Waals surface area contributed by atoms with Gasteiger partial charge in [0.1, 0.15) is 0 Å². The Hall–Kier alpha value is -1.42. The predicted molar refractivity (Wildman–Crippen MR) is 63.8 cm³/mol. The van der Waals surface area contributed by atoms with Gasteiger partial charge in [-0.3, -0.25) is 9.78 Å². The Labute approximate surface area is 105 Å². The topological polar surface area (TPSA) is 56.3 Å². The van der Waals surface area contributed by atoms with Crippen LogP contribution >= 0.6 is 11.6 Å². The maximum atomic E-state index is 11.7. The van der Waals surface area contributed by atoms with E-state index in [0.717, 1.165) is 0 Å². The number of hydrogen-bond acceptors (Lipinski definition) is 4. The van der Waals surface area contributed by atoms with Crippen molar-refractivity contribution < 1.29 is 14.3 Å². The van der Waals surface area contributed by atoms with Crippen LogP contribution in [0.15, 0.2) is 24.5 Å². The molecule has 0 aliphatic heterocycles. The lowest BCUT2D eigenvalue weighted by Crippen LogP contribution is -2.25. The smallest absolute Gasteiger partial charge is 0.338 e. The van der Waals surface area contributed by atoms with Gasteiger partial charge < -0.3 is 4.74 Å². The molecule has 17 heavy (non-hydrogen) atoms. The first-order valence-electron chi connectivity index (χ1n) is 5.31. The standard InChI is InChI=1S/C12H14ClNO3/c1-8(2)7-10(11(13)15)17-12(16)9-3-5-14-6-4-9/h3-6,8,10H,7H2,1-2H3/t10-/m1/s1. The van der Waals surface area contributed by atoms with Gasteiger partial charge in [-0.05, 0) is 36.1 Å². The maximum absolute atomic E-state index is 11.7. The van der Waals surface area contributed by atoms with E-state index in [1.165, 1.54) is 24.5 Å². The Bertz CT molecular complexity index is 392. The molecular formula is C12H14ClNO3. The maximum Gasteiger partial charge on any atom is 0.338 e. The molecule has 4 nitrogen and oxygen atoms in total. The lowest BCUT2D eigenvalue weighted by molar-refractivity contribution is -0.120. The van der Waals surface area contributed by atoms with E-state index in [1.54, 1.807) is 0 Å². The summed E-state index contributed by atoms with van der Waals surface area (Å²) in [5, 5.41) is -0.652. The lowest BCUT2D eigenvalue weighted by Gasteiger charge is -2.15. The van der Waals surface area contributed by atoms with E-state index in [1.807, 2.05) is 13.8 Å². The molecule has 92 valence electrons. The van der Waals surface area contributed by atoms with Gasteiger partial charge in [0.05, 0.1) is 5.56 Å². The molecule has 0 aliphatic carbocycles. The fourth-order valence-corrected chi connectivity index (χ4v) is 1.43. The van der Waals surface area contributed by atoms with Crippen LogP contribution in [-0.4, -0.2) is 22.3 Å². The predicted octanol–water partition coefficient (Wildman–Crippen LogP) is 2.42. The van der Waals surface area contributed by atoms with Gasteiger partial charge in [-0.1, -0.05) is 13.8 Å². The number of hydrogen-bond donors (Lipinski definition) is 0. The molecule has 1 aromatic heterocycles. The Kier molecular flexibility index (Phi) is 5.10. The van der Waals surface area contributed by atoms with Crippen LogP contribution in [0.25, 0.3) is 0 Å². The molecule has 0 bridgehead atoms. The molecule has 0 saturated heterocycles. The molecule has 5 heteroatoms. The van der Waals surface area contributed by atoms with Gasteiger partial charge in [0.15, 0.2) is 6.10 Å². The molecule has 0 N–H and O–H groups in total. The second kappa shape index (κ2) is 6.35. The van der Waals surface area contributed by atoms with Crippen molar-refractivity contribution in [3.63, 3.8) is 0 Å². The molecule has 0 aliphatic rings. The molecule has 0 radical (unpaired) electrons. The van der Waals surface area contributed by atoms with Crippen LogP contribution in [0.5, 0.6) is 0 Å². The van der Waals surface area contributed by atoms with Crippen LogP contribution < -0.4 is 0 Å². The number of ether oxygens (including phenoxy) is 1. The van der Waals surface area contributed by atoms with E-state index >= 15 is 0 Å². The first-order valence-corrected chi connectivity index (χ1v) is 5.69. The lowest BCUT2D eigenvalue weighted by atomic mass is 10.1. The fourth-order valence-electron chi connectivity index (χ4n) is 1.30. The average molecular weight is 256 g/mol. The summed E-state index contributed by atoms with van der Waals surface area (Å²) in [7, 11) is 0. The highest BCUT2D eigenvalue weighted by Gasteiger charge is 2.22. The summed E-state index contributed by atoms with van der Waals surface area (Å²) in [6, 6.07) is 3.04. The number of aromatic nitrogens is 1. The largest absolute Gasteiger partial charge is 0.449 e. The van der Waals surface area contributed by atoms with Gasteiger partial charge in [0, 0.05) is 12.4 Å². The van der Waals surface area contributed by atoms with E-state index in [9.17, 15) is 9.59 Å². The third kappa shape index (κ3) is 4.53. The summed E-state index contributed by atoms with van der Waals surface area (Å²) < 4.78 is 5.06. The second-order valence-electron chi connectivity index (χ2n) is 4.06. The zero-order chi connectivity index (χ0) is 12.8. The van der Waals surface area contributed by atoms with Crippen molar-refractivity contribution in [2.75, 3.05) is 0 Å². The second-order valence-corrected chi connectivity index (χ2v) is 4.44. The summed E-state index contributed by atoms with van der Waals surface area (Å²) in [6.07, 6.45) is 2.49. The first kappa shape index (κ1) is 13.6. The Balaban J connectivity index is 2.68. The molecular weight excluding hydrogens is 242 g/mol. The number of pyridine rings is 1. The van der Waals surface area contributed by atoms with Crippen molar-refractivity contribution in [2.24, 2.45) is 5.92 Å². The van der Waals surface area contributed by atoms with Crippen molar-refractivity contribution in [2.45, 2.75) is 26.4 Å². The number of halogens is 1. The Morgan fingerprint density at radius 3 is 2.41 bits per heavy atom. The minimum absolute atomic E-state index is 0.216. The molecule has 0 spiro atoms. The molecule has 1 atom stereocenters. The van der Waals surface area contributed by atoms with Crippen LogP contribution in [0.2, 0.25) is 0 Å². The number of rotatable bonds is 5. The summed E-state index contributed by atoms with van der Waals surface area (Å²) >= 11 is 5.39. The van der Waals surface area contributed by atoms with Gasteiger partial charge in [-0.2, -0.15) is 0 Å². The molecule has 0 aromatic carbocycles. The Morgan fingerprint density at radius 1 is 1.35 bits per heavy atom. The van der Waals surface area contributed by atoms with E-state index in [0.29, 0.717) is 12.0 Å². The zero-order valence-corrected chi connectivity index (χ0v) is 10.5. The molecule has 1 heterocycles. The number of esters is 1. The summed E-state index contributed by atoms with van der Waals surface area (Å²) in [5.74, 6) is -0.347. The van der Waals surface area contributed by atoms with Crippen molar-refractivity contribution in [3.05, 3.63) is 30.1 Å². The Morgan fingerprint density at radius 2 is 1.94 bits per heavy atom. The number of carbonyl (C=O) groups is 2. The zero-order valence-electron chi connectivity index (χ0n) is 9.72. The van der Waals surface area contributed by atoms with Gasteiger partial charge in [0.2, 0.25) is 0 Å². The summed E-state index contributed by atoms with van der Waals surface area (Å²) in [4.78, 5) is 26.6. The summed E-state index contributed by atoms with van der Waals surface area (Å²) in [6.45, 7) is 3.85. The normalized spacial score (nSPS) is 12.2. The first-order chi connectivity index (χ1) is 8.00. The SMILES string of the molecule is CC(C)C[C@@H](OC(=O)c1ccncc1)C(=O)Cl. The quantitative estimate of drug-likeness (QED) is 0.599. The summed E-state index contributed by atoms with van der Waals surface area (Å²) in [5.41, 5.74) is 0.353. The minimum atomic E-state index is -0.891. The van der Waals surface area contributed by atoms with Crippen LogP contribution in [0.4, 0.5) is 0 Å². The highest BCUT2D eigenvalue weighted by Crippen LogP contribution is 2.13. The molecule has 0 fully saturated rings.